The van der Waals surface area contributed by atoms with Gasteiger partial charge in [-0.25, -0.2) is 4.79 Å². The average Bonchev–Trinajstić information content (AvgIpc) is 2.70. The van der Waals surface area contributed by atoms with E-state index < -0.39 is 36.5 Å². The molecular formula is C19H25NO9. The van der Waals surface area contributed by atoms with Crippen LogP contribution in [0.3, 0.4) is 0 Å². The van der Waals surface area contributed by atoms with Crippen molar-refractivity contribution >= 4 is 17.6 Å². The summed E-state index contributed by atoms with van der Waals surface area (Å²) in [6.07, 6.45) is -4.15. The van der Waals surface area contributed by atoms with E-state index in [0.717, 1.165) is 0 Å². The summed E-state index contributed by atoms with van der Waals surface area (Å²) >= 11 is 0. The van der Waals surface area contributed by atoms with Crippen LogP contribution in [0.1, 0.15) is 23.7 Å². The summed E-state index contributed by atoms with van der Waals surface area (Å²) in [5, 5.41) is 22.4. The SMILES string of the molecule is C=C(OC)C(=O)Nc1cc(OC)c(OC)cc1C(=O)O[C@H]1C[C@H](O)O[C@@H](C)[C@H]1O. The van der Waals surface area contributed by atoms with Crippen molar-refractivity contribution in [1.82, 2.24) is 0 Å². The maximum absolute atomic E-state index is 12.8. The van der Waals surface area contributed by atoms with Gasteiger partial charge in [0.05, 0.1) is 38.7 Å². The van der Waals surface area contributed by atoms with E-state index in [1.807, 2.05) is 0 Å². The number of aliphatic hydroxyl groups is 2. The van der Waals surface area contributed by atoms with Crippen molar-refractivity contribution in [2.75, 3.05) is 26.6 Å². The Morgan fingerprint density at radius 2 is 1.79 bits per heavy atom. The molecule has 2 rings (SSSR count). The monoisotopic (exact) mass is 411 g/mol. The predicted octanol–water partition coefficient (Wildman–Crippen LogP) is 0.816. The number of carbonyl (C=O) groups excluding carboxylic acids is 2. The molecule has 4 atom stereocenters. The quantitative estimate of drug-likeness (QED) is 0.339. The fourth-order valence-electron chi connectivity index (χ4n) is 2.78. The van der Waals surface area contributed by atoms with Gasteiger partial charge in [-0.1, -0.05) is 6.58 Å². The number of benzene rings is 1. The third-order valence-corrected chi connectivity index (χ3v) is 4.42. The van der Waals surface area contributed by atoms with Crippen molar-refractivity contribution in [1.29, 1.82) is 0 Å². The average molecular weight is 411 g/mol. The molecule has 0 unspecified atom stereocenters. The Hall–Kier alpha value is -2.82. The second-order valence-electron chi connectivity index (χ2n) is 6.30. The number of carbonyl (C=O) groups is 2. The summed E-state index contributed by atoms with van der Waals surface area (Å²) in [6, 6.07) is 2.71. The van der Waals surface area contributed by atoms with Crippen molar-refractivity contribution in [3.63, 3.8) is 0 Å². The van der Waals surface area contributed by atoms with E-state index in [1.165, 1.54) is 33.5 Å². The van der Waals surface area contributed by atoms with Crippen LogP contribution < -0.4 is 14.8 Å². The molecule has 0 aromatic heterocycles. The van der Waals surface area contributed by atoms with Gasteiger partial charge in [0.15, 0.2) is 23.5 Å². The summed E-state index contributed by atoms with van der Waals surface area (Å²) in [7, 11) is 4.07. The molecule has 0 aliphatic carbocycles. The van der Waals surface area contributed by atoms with Gasteiger partial charge in [-0.15, -0.1) is 0 Å². The molecule has 10 heteroatoms. The van der Waals surface area contributed by atoms with Crippen molar-refractivity contribution in [3.05, 3.63) is 30.0 Å². The van der Waals surface area contributed by atoms with E-state index in [1.54, 1.807) is 6.92 Å². The Labute approximate surface area is 168 Å². The van der Waals surface area contributed by atoms with E-state index in [-0.39, 0.29) is 34.9 Å². The maximum Gasteiger partial charge on any atom is 0.340 e. The lowest BCUT2D eigenvalue weighted by atomic mass is 10.0. The first-order chi connectivity index (χ1) is 13.7. The summed E-state index contributed by atoms with van der Waals surface area (Å²) in [6.45, 7) is 5.01. The first-order valence-electron chi connectivity index (χ1n) is 8.74. The van der Waals surface area contributed by atoms with Gasteiger partial charge >= 0.3 is 5.97 Å². The standard InChI is InChI=1S/C19H25NO9/c1-9-17(22)15(8-16(21)28-9)29-19(24)11-6-13(26-4)14(27-5)7-12(11)20-18(23)10(2)25-3/h6-7,9,15-17,21-22H,2,8H2,1,3-5H3,(H,20,23)/t9-,15-,16+,17+/m0/s1. The van der Waals surface area contributed by atoms with E-state index in [2.05, 4.69) is 11.9 Å². The van der Waals surface area contributed by atoms with Gasteiger partial charge in [-0.05, 0) is 6.92 Å². The molecule has 3 N–H and O–H groups in total. The fourth-order valence-corrected chi connectivity index (χ4v) is 2.78. The van der Waals surface area contributed by atoms with Gasteiger partial charge in [0.1, 0.15) is 12.2 Å². The predicted molar refractivity (Wildman–Crippen MR) is 101 cm³/mol. The number of hydrogen-bond acceptors (Lipinski definition) is 9. The zero-order valence-corrected chi connectivity index (χ0v) is 16.6. The molecule has 1 aromatic rings. The minimum absolute atomic E-state index is 0.0549. The molecule has 0 saturated carbocycles. The number of hydrogen-bond donors (Lipinski definition) is 3. The van der Waals surface area contributed by atoms with E-state index in [9.17, 15) is 19.8 Å². The molecule has 0 spiro atoms. The van der Waals surface area contributed by atoms with Crippen molar-refractivity contribution in [2.45, 2.75) is 37.9 Å². The third-order valence-electron chi connectivity index (χ3n) is 4.42. The van der Waals surface area contributed by atoms with Crippen LogP contribution in [0.2, 0.25) is 0 Å². The summed E-state index contributed by atoms with van der Waals surface area (Å²) in [5.41, 5.74) is 0.00624. The van der Waals surface area contributed by atoms with E-state index >= 15 is 0 Å². The van der Waals surface area contributed by atoms with Crippen LogP contribution in [-0.4, -0.2) is 68.0 Å². The number of nitrogens with one attached hydrogen (secondary N) is 1. The van der Waals surface area contributed by atoms with Crippen molar-refractivity contribution in [3.8, 4) is 11.5 Å². The number of ether oxygens (including phenoxy) is 5. The lowest BCUT2D eigenvalue weighted by Gasteiger charge is -2.35. The Morgan fingerprint density at radius 3 is 2.38 bits per heavy atom. The zero-order valence-electron chi connectivity index (χ0n) is 16.6. The highest BCUT2D eigenvalue weighted by Gasteiger charge is 2.37. The van der Waals surface area contributed by atoms with E-state index in [0.29, 0.717) is 0 Å². The number of rotatable bonds is 7. The number of aliphatic hydroxyl groups excluding tert-OH is 2. The van der Waals surface area contributed by atoms with Gasteiger partial charge in [-0.3, -0.25) is 4.79 Å². The molecule has 1 aromatic carbocycles. The van der Waals surface area contributed by atoms with Gasteiger partial charge in [0.25, 0.3) is 5.91 Å². The number of esters is 1. The highest BCUT2D eigenvalue weighted by atomic mass is 16.6. The van der Waals surface area contributed by atoms with Crippen LogP contribution >= 0.6 is 0 Å². The molecule has 1 aliphatic rings. The molecule has 1 saturated heterocycles. The van der Waals surface area contributed by atoms with Crippen LogP contribution in [-0.2, 0) is 19.0 Å². The maximum atomic E-state index is 12.8. The van der Waals surface area contributed by atoms with Gasteiger partial charge in [0.2, 0.25) is 0 Å². The molecule has 1 fully saturated rings. The van der Waals surface area contributed by atoms with Crippen LogP contribution in [0, 0.1) is 0 Å². The first-order valence-corrected chi connectivity index (χ1v) is 8.74. The summed E-state index contributed by atoms with van der Waals surface area (Å²) in [4.78, 5) is 25.0. The van der Waals surface area contributed by atoms with Crippen LogP contribution in [0.4, 0.5) is 5.69 Å². The van der Waals surface area contributed by atoms with Crippen molar-refractivity contribution in [2.24, 2.45) is 0 Å². The third kappa shape index (κ3) is 5.17. The summed E-state index contributed by atoms with van der Waals surface area (Å²) < 4.78 is 25.7. The molecule has 29 heavy (non-hydrogen) atoms. The Balaban J connectivity index is 2.36. The summed E-state index contributed by atoms with van der Waals surface area (Å²) in [5.74, 6) is -1.21. The van der Waals surface area contributed by atoms with Crippen molar-refractivity contribution < 1.29 is 43.5 Å². The van der Waals surface area contributed by atoms with Crippen LogP contribution in [0.5, 0.6) is 11.5 Å². The minimum atomic E-state index is -1.18. The highest BCUT2D eigenvalue weighted by Crippen LogP contribution is 2.34. The molecule has 0 radical (unpaired) electrons. The van der Waals surface area contributed by atoms with E-state index in [4.69, 9.17) is 23.7 Å². The number of methoxy groups -OCH3 is 3. The van der Waals surface area contributed by atoms with Crippen LogP contribution in [0.25, 0.3) is 0 Å². The van der Waals surface area contributed by atoms with Gasteiger partial charge in [0, 0.05) is 18.6 Å². The molecular weight excluding hydrogens is 386 g/mol. The molecule has 1 amide bonds. The normalized spacial score (nSPS) is 23.7. The number of anilines is 1. The largest absolute Gasteiger partial charge is 0.493 e. The Bertz CT molecular complexity index is 779. The highest BCUT2D eigenvalue weighted by molar-refractivity contribution is 6.07. The molecule has 160 valence electrons. The van der Waals surface area contributed by atoms with Gasteiger partial charge in [-0.2, -0.15) is 0 Å². The Kier molecular flexibility index (Phi) is 7.43. The zero-order chi connectivity index (χ0) is 21.7. The molecule has 0 bridgehead atoms. The number of amides is 1. The lowest BCUT2D eigenvalue weighted by molar-refractivity contribution is -0.226. The minimum Gasteiger partial charge on any atom is -0.493 e. The molecule has 1 heterocycles. The topological polar surface area (TPSA) is 133 Å². The lowest BCUT2D eigenvalue weighted by Crippen LogP contribution is -2.48. The molecule has 1 aliphatic heterocycles. The smallest absolute Gasteiger partial charge is 0.340 e. The second kappa shape index (κ2) is 9.59. The fraction of sp³-hybridized carbons (Fsp3) is 0.474. The second-order valence-corrected chi connectivity index (χ2v) is 6.30. The van der Waals surface area contributed by atoms with Gasteiger partial charge < -0.3 is 39.2 Å². The molecule has 10 nitrogen and oxygen atoms in total. The first kappa shape index (κ1) is 22.5. The van der Waals surface area contributed by atoms with Crippen LogP contribution in [0.15, 0.2) is 24.5 Å². The Morgan fingerprint density at radius 1 is 1.17 bits per heavy atom.